The fraction of sp³-hybridized carbons (Fsp3) is 0.143. The molecule has 0 saturated carbocycles. The van der Waals surface area contributed by atoms with Gasteiger partial charge in [-0.1, -0.05) is 11.6 Å². The van der Waals surface area contributed by atoms with Crippen molar-refractivity contribution in [2.45, 2.75) is 13.0 Å². The van der Waals surface area contributed by atoms with Gasteiger partial charge >= 0.3 is 0 Å². The van der Waals surface area contributed by atoms with E-state index in [1.165, 1.54) is 8.45 Å². The van der Waals surface area contributed by atoms with E-state index in [0.29, 0.717) is 0 Å². The average molecular weight is 384 g/mol. The number of rotatable bonds is 3. The summed E-state index contributed by atoms with van der Waals surface area (Å²) < 4.78 is 7.14. The Morgan fingerprint density at radius 3 is 2.84 bits per heavy atom. The van der Waals surface area contributed by atoms with Gasteiger partial charge in [0.05, 0.1) is 2.88 Å². The Kier molecular flexibility index (Phi) is 3.62. The SMILES string of the molecule is Cc1ccc2oc(C(NN)c3csc(I)c3)cc2c1. The minimum atomic E-state index is -0.104. The van der Waals surface area contributed by atoms with E-state index in [2.05, 4.69) is 58.5 Å². The number of hydrazine groups is 1. The summed E-state index contributed by atoms with van der Waals surface area (Å²) in [5, 5.41) is 3.21. The molecular weight excluding hydrogens is 371 g/mol. The largest absolute Gasteiger partial charge is 0.459 e. The van der Waals surface area contributed by atoms with Crippen molar-refractivity contribution in [3.8, 4) is 0 Å². The Hall–Kier alpha value is -0.890. The van der Waals surface area contributed by atoms with Crippen molar-refractivity contribution in [3.63, 3.8) is 0 Å². The van der Waals surface area contributed by atoms with Crippen molar-refractivity contribution in [1.29, 1.82) is 0 Å². The lowest BCUT2D eigenvalue weighted by atomic mass is 10.1. The van der Waals surface area contributed by atoms with E-state index in [1.807, 2.05) is 12.1 Å². The molecule has 0 aliphatic carbocycles. The molecule has 0 spiro atoms. The van der Waals surface area contributed by atoms with Gasteiger partial charge in [0.25, 0.3) is 0 Å². The van der Waals surface area contributed by atoms with Crippen LogP contribution in [0.25, 0.3) is 11.0 Å². The quantitative estimate of drug-likeness (QED) is 0.408. The number of aryl methyl sites for hydroxylation is 1. The van der Waals surface area contributed by atoms with Crippen LogP contribution in [0.15, 0.2) is 40.1 Å². The first-order valence-corrected chi connectivity index (χ1v) is 7.83. The van der Waals surface area contributed by atoms with Crippen molar-refractivity contribution in [2.75, 3.05) is 0 Å². The molecule has 3 nitrogen and oxygen atoms in total. The molecule has 0 radical (unpaired) electrons. The summed E-state index contributed by atoms with van der Waals surface area (Å²) in [7, 11) is 0. The third-order valence-corrected chi connectivity index (χ3v) is 4.87. The van der Waals surface area contributed by atoms with Gasteiger partial charge < -0.3 is 4.42 Å². The highest BCUT2D eigenvalue weighted by atomic mass is 127. The van der Waals surface area contributed by atoms with E-state index in [0.717, 1.165) is 22.3 Å². The van der Waals surface area contributed by atoms with Crippen molar-refractivity contribution in [3.05, 3.63) is 55.5 Å². The molecule has 3 N–H and O–H groups in total. The maximum absolute atomic E-state index is 5.90. The van der Waals surface area contributed by atoms with E-state index in [1.54, 1.807) is 11.3 Å². The van der Waals surface area contributed by atoms with Crippen LogP contribution in [0.5, 0.6) is 0 Å². The molecule has 0 saturated heterocycles. The number of halogens is 1. The zero-order chi connectivity index (χ0) is 13.4. The van der Waals surface area contributed by atoms with Crippen LogP contribution in [0, 0.1) is 9.81 Å². The van der Waals surface area contributed by atoms with Gasteiger partial charge in [0, 0.05) is 5.39 Å². The topological polar surface area (TPSA) is 51.2 Å². The molecule has 0 aliphatic heterocycles. The van der Waals surface area contributed by atoms with Crippen LogP contribution in [0.3, 0.4) is 0 Å². The Labute approximate surface area is 128 Å². The van der Waals surface area contributed by atoms with Crippen molar-refractivity contribution >= 4 is 44.9 Å². The molecule has 3 aromatic rings. The molecular formula is C14H13IN2OS. The Morgan fingerprint density at radius 1 is 1.32 bits per heavy atom. The predicted octanol–water partition coefficient (Wildman–Crippen LogP) is 3.96. The van der Waals surface area contributed by atoms with Crippen LogP contribution >= 0.6 is 33.9 Å². The lowest BCUT2D eigenvalue weighted by Crippen LogP contribution is -2.28. The van der Waals surface area contributed by atoms with Gasteiger partial charge in [0.2, 0.25) is 0 Å². The molecule has 1 aromatic carbocycles. The zero-order valence-corrected chi connectivity index (χ0v) is 13.3. The number of fused-ring (bicyclic) bond motifs is 1. The second kappa shape index (κ2) is 5.24. The summed E-state index contributed by atoms with van der Waals surface area (Å²) in [6.07, 6.45) is 0. The fourth-order valence-electron chi connectivity index (χ4n) is 2.14. The van der Waals surface area contributed by atoms with E-state index in [9.17, 15) is 0 Å². The molecule has 5 heteroatoms. The smallest absolute Gasteiger partial charge is 0.134 e. The second-order valence-corrected chi connectivity index (χ2v) is 7.28. The van der Waals surface area contributed by atoms with E-state index in [4.69, 9.17) is 10.3 Å². The molecule has 1 atom stereocenters. The second-order valence-electron chi connectivity index (χ2n) is 4.47. The molecule has 0 fully saturated rings. The van der Waals surface area contributed by atoms with E-state index < -0.39 is 0 Å². The number of nitrogens with two attached hydrogens (primary N) is 1. The molecule has 1 unspecified atom stereocenters. The highest BCUT2D eigenvalue weighted by Gasteiger charge is 2.18. The predicted molar refractivity (Wildman–Crippen MR) is 87.2 cm³/mol. The van der Waals surface area contributed by atoms with Crippen LogP contribution < -0.4 is 11.3 Å². The molecule has 0 aliphatic rings. The number of hydrogen-bond acceptors (Lipinski definition) is 4. The fourth-order valence-corrected chi connectivity index (χ4v) is 3.54. The highest BCUT2D eigenvalue weighted by Crippen LogP contribution is 2.31. The summed E-state index contributed by atoms with van der Waals surface area (Å²) in [6, 6.07) is 10.2. The number of hydrogen-bond donors (Lipinski definition) is 2. The molecule has 0 amide bonds. The normalized spacial score (nSPS) is 13.0. The monoisotopic (exact) mass is 384 g/mol. The number of benzene rings is 1. The first kappa shape index (κ1) is 13.1. The maximum atomic E-state index is 5.90. The van der Waals surface area contributed by atoms with Gasteiger partial charge in [-0.3, -0.25) is 5.84 Å². The summed E-state index contributed by atoms with van der Waals surface area (Å²) in [4.78, 5) is 0. The summed E-state index contributed by atoms with van der Waals surface area (Å²) in [5.41, 5.74) is 6.08. The minimum Gasteiger partial charge on any atom is -0.459 e. The lowest BCUT2D eigenvalue weighted by Gasteiger charge is -2.10. The lowest BCUT2D eigenvalue weighted by molar-refractivity contribution is 0.478. The van der Waals surface area contributed by atoms with Gasteiger partial charge in [0.1, 0.15) is 17.4 Å². The van der Waals surface area contributed by atoms with E-state index in [-0.39, 0.29) is 6.04 Å². The maximum Gasteiger partial charge on any atom is 0.134 e. The molecule has 3 rings (SSSR count). The van der Waals surface area contributed by atoms with Crippen LogP contribution in [-0.2, 0) is 0 Å². The first-order valence-electron chi connectivity index (χ1n) is 5.87. The number of nitrogens with one attached hydrogen (secondary N) is 1. The van der Waals surface area contributed by atoms with Gasteiger partial charge in [-0.25, -0.2) is 5.43 Å². The molecule has 19 heavy (non-hydrogen) atoms. The Balaban J connectivity index is 2.06. The summed E-state index contributed by atoms with van der Waals surface area (Å²) >= 11 is 4.01. The minimum absolute atomic E-state index is 0.104. The van der Waals surface area contributed by atoms with Crippen LogP contribution in [0.1, 0.15) is 22.9 Å². The third kappa shape index (κ3) is 2.55. The van der Waals surface area contributed by atoms with Crippen molar-refractivity contribution < 1.29 is 4.42 Å². The molecule has 2 heterocycles. The standard InChI is InChI=1S/C14H13IN2OS/c1-8-2-3-11-9(4-8)5-12(18-11)14(17-16)10-6-13(15)19-7-10/h2-7,14,17H,16H2,1H3. The van der Waals surface area contributed by atoms with Crippen molar-refractivity contribution in [1.82, 2.24) is 5.43 Å². The Bertz CT molecular complexity index is 719. The number of furan rings is 1. The zero-order valence-electron chi connectivity index (χ0n) is 10.3. The van der Waals surface area contributed by atoms with Gasteiger partial charge in [0.15, 0.2) is 0 Å². The highest BCUT2D eigenvalue weighted by molar-refractivity contribution is 14.1. The van der Waals surface area contributed by atoms with Crippen molar-refractivity contribution in [2.24, 2.45) is 5.84 Å². The van der Waals surface area contributed by atoms with Crippen LogP contribution in [0.2, 0.25) is 0 Å². The number of thiophene rings is 1. The van der Waals surface area contributed by atoms with E-state index >= 15 is 0 Å². The van der Waals surface area contributed by atoms with Gasteiger partial charge in [-0.05, 0) is 64.7 Å². The van der Waals surface area contributed by atoms with Crippen LogP contribution in [-0.4, -0.2) is 0 Å². The average Bonchev–Trinajstić information content (AvgIpc) is 2.96. The van der Waals surface area contributed by atoms with Gasteiger partial charge in [-0.2, -0.15) is 0 Å². The molecule has 0 bridgehead atoms. The Morgan fingerprint density at radius 2 is 2.16 bits per heavy atom. The third-order valence-electron chi connectivity index (χ3n) is 3.06. The van der Waals surface area contributed by atoms with Gasteiger partial charge in [-0.15, -0.1) is 11.3 Å². The molecule has 2 aromatic heterocycles. The molecule has 98 valence electrons. The summed E-state index contributed by atoms with van der Waals surface area (Å²) in [5.74, 6) is 6.53. The summed E-state index contributed by atoms with van der Waals surface area (Å²) in [6.45, 7) is 2.08. The first-order chi connectivity index (χ1) is 9.17. The van der Waals surface area contributed by atoms with Crippen LogP contribution in [0.4, 0.5) is 0 Å².